The Balaban J connectivity index is 2.05. The summed E-state index contributed by atoms with van der Waals surface area (Å²) in [5.74, 6) is 0. The molecule has 0 aromatic heterocycles. The zero-order chi connectivity index (χ0) is 10.8. The van der Waals surface area contributed by atoms with Crippen molar-refractivity contribution >= 4 is 0 Å². The van der Waals surface area contributed by atoms with E-state index < -0.39 is 0 Å². The lowest BCUT2D eigenvalue weighted by atomic mass is 10.0. The molecule has 2 aliphatic heterocycles. The molecule has 0 saturated carbocycles. The average Bonchev–Trinajstić information content (AvgIpc) is 2.60. The van der Waals surface area contributed by atoms with Crippen LogP contribution in [0, 0.1) is 0 Å². The highest BCUT2D eigenvalue weighted by molar-refractivity contribution is 4.94. The molecule has 0 aliphatic carbocycles. The van der Waals surface area contributed by atoms with Gasteiger partial charge in [0.1, 0.15) is 0 Å². The SMILES string of the molecule is CCC1CCC(C)N1C1COCCC1N. The van der Waals surface area contributed by atoms with Gasteiger partial charge in [-0.1, -0.05) is 6.92 Å². The Morgan fingerprint density at radius 3 is 2.80 bits per heavy atom. The minimum Gasteiger partial charge on any atom is -0.380 e. The Labute approximate surface area is 93.0 Å². The van der Waals surface area contributed by atoms with E-state index in [-0.39, 0.29) is 0 Å². The standard InChI is InChI=1S/C12H24N2O/c1-3-10-5-4-9(2)14(10)12-8-15-7-6-11(12)13/h9-12H,3-8,13H2,1-2H3. The van der Waals surface area contributed by atoms with Crippen LogP contribution in [-0.4, -0.2) is 42.3 Å². The fraction of sp³-hybridized carbons (Fsp3) is 1.00. The largest absolute Gasteiger partial charge is 0.380 e. The molecule has 2 heterocycles. The van der Waals surface area contributed by atoms with Crippen molar-refractivity contribution in [3.8, 4) is 0 Å². The van der Waals surface area contributed by atoms with Crippen molar-refractivity contribution in [1.82, 2.24) is 4.90 Å². The summed E-state index contributed by atoms with van der Waals surface area (Å²) in [5, 5.41) is 0. The fourth-order valence-electron chi connectivity index (χ4n) is 3.15. The maximum absolute atomic E-state index is 6.22. The van der Waals surface area contributed by atoms with Gasteiger partial charge in [0.15, 0.2) is 0 Å². The monoisotopic (exact) mass is 212 g/mol. The van der Waals surface area contributed by atoms with Crippen LogP contribution in [0.4, 0.5) is 0 Å². The van der Waals surface area contributed by atoms with Gasteiger partial charge < -0.3 is 10.5 Å². The zero-order valence-electron chi connectivity index (χ0n) is 9.98. The van der Waals surface area contributed by atoms with Crippen molar-refractivity contribution in [2.24, 2.45) is 5.73 Å². The van der Waals surface area contributed by atoms with Crippen LogP contribution >= 0.6 is 0 Å². The first-order valence-corrected chi connectivity index (χ1v) is 6.34. The third kappa shape index (κ3) is 2.19. The van der Waals surface area contributed by atoms with E-state index in [0.29, 0.717) is 18.1 Å². The number of hydrogen-bond acceptors (Lipinski definition) is 3. The van der Waals surface area contributed by atoms with E-state index in [9.17, 15) is 0 Å². The van der Waals surface area contributed by atoms with Gasteiger partial charge in [0, 0.05) is 30.8 Å². The first-order chi connectivity index (χ1) is 7.24. The molecule has 0 bridgehead atoms. The lowest BCUT2D eigenvalue weighted by Crippen LogP contribution is -2.56. The highest BCUT2D eigenvalue weighted by atomic mass is 16.5. The molecule has 2 fully saturated rings. The van der Waals surface area contributed by atoms with Crippen LogP contribution in [0.5, 0.6) is 0 Å². The van der Waals surface area contributed by atoms with Gasteiger partial charge in [-0.05, 0) is 32.6 Å². The fourth-order valence-corrected chi connectivity index (χ4v) is 3.15. The van der Waals surface area contributed by atoms with Crippen molar-refractivity contribution in [3.05, 3.63) is 0 Å². The zero-order valence-corrected chi connectivity index (χ0v) is 9.98. The number of nitrogens with two attached hydrogens (primary N) is 1. The lowest BCUT2D eigenvalue weighted by molar-refractivity contribution is -0.0124. The highest BCUT2D eigenvalue weighted by Crippen LogP contribution is 2.30. The molecular formula is C12H24N2O. The van der Waals surface area contributed by atoms with Crippen LogP contribution in [-0.2, 0) is 4.74 Å². The molecule has 88 valence electrons. The van der Waals surface area contributed by atoms with Gasteiger partial charge in [0.2, 0.25) is 0 Å². The van der Waals surface area contributed by atoms with E-state index in [2.05, 4.69) is 18.7 Å². The molecule has 2 rings (SSSR count). The molecule has 0 aromatic carbocycles. The van der Waals surface area contributed by atoms with Crippen molar-refractivity contribution in [2.45, 2.75) is 63.7 Å². The van der Waals surface area contributed by atoms with Gasteiger partial charge in [0.25, 0.3) is 0 Å². The van der Waals surface area contributed by atoms with Gasteiger partial charge >= 0.3 is 0 Å². The quantitative estimate of drug-likeness (QED) is 0.751. The van der Waals surface area contributed by atoms with E-state index in [4.69, 9.17) is 10.5 Å². The summed E-state index contributed by atoms with van der Waals surface area (Å²) < 4.78 is 5.58. The molecule has 4 atom stereocenters. The number of ether oxygens (including phenoxy) is 1. The third-order valence-electron chi connectivity index (χ3n) is 4.08. The highest BCUT2D eigenvalue weighted by Gasteiger charge is 2.38. The molecule has 2 aliphatic rings. The summed E-state index contributed by atoms with van der Waals surface area (Å²) >= 11 is 0. The van der Waals surface area contributed by atoms with Gasteiger partial charge in [-0.3, -0.25) is 4.90 Å². The van der Waals surface area contributed by atoms with E-state index in [0.717, 1.165) is 25.7 Å². The Kier molecular flexibility index (Phi) is 3.65. The molecule has 2 N–H and O–H groups in total. The van der Waals surface area contributed by atoms with Crippen molar-refractivity contribution < 1.29 is 4.74 Å². The van der Waals surface area contributed by atoms with Crippen molar-refractivity contribution in [2.75, 3.05) is 13.2 Å². The first kappa shape index (κ1) is 11.4. The Hall–Kier alpha value is -0.120. The smallest absolute Gasteiger partial charge is 0.0637 e. The molecule has 15 heavy (non-hydrogen) atoms. The molecule has 0 amide bonds. The summed E-state index contributed by atoms with van der Waals surface area (Å²) in [6.45, 7) is 6.29. The predicted octanol–water partition coefficient (Wildman–Crippen LogP) is 1.37. The molecule has 0 spiro atoms. The molecule has 3 nitrogen and oxygen atoms in total. The lowest BCUT2D eigenvalue weighted by Gasteiger charge is -2.41. The summed E-state index contributed by atoms with van der Waals surface area (Å²) in [5.41, 5.74) is 6.22. The maximum Gasteiger partial charge on any atom is 0.0637 e. The summed E-state index contributed by atoms with van der Waals surface area (Å²) in [6.07, 6.45) is 4.92. The minimum absolute atomic E-state index is 0.313. The minimum atomic E-state index is 0.313. The first-order valence-electron chi connectivity index (χ1n) is 6.34. The van der Waals surface area contributed by atoms with Crippen LogP contribution in [0.15, 0.2) is 0 Å². The van der Waals surface area contributed by atoms with Crippen LogP contribution in [0.25, 0.3) is 0 Å². The van der Waals surface area contributed by atoms with E-state index in [1.54, 1.807) is 0 Å². The maximum atomic E-state index is 6.22. The third-order valence-corrected chi connectivity index (χ3v) is 4.08. The Morgan fingerprint density at radius 1 is 1.33 bits per heavy atom. The molecule has 4 unspecified atom stereocenters. The van der Waals surface area contributed by atoms with Gasteiger partial charge in [-0.2, -0.15) is 0 Å². The summed E-state index contributed by atoms with van der Waals surface area (Å²) in [6, 6.07) is 2.19. The second-order valence-electron chi connectivity index (χ2n) is 5.03. The molecule has 2 saturated heterocycles. The van der Waals surface area contributed by atoms with Crippen LogP contribution in [0.1, 0.15) is 39.5 Å². The number of rotatable bonds is 2. The van der Waals surface area contributed by atoms with Crippen LogP contribution in [0.2, 0.25) is 0 Å². The molecule has 0 radical (unpaired) electrons. The number of likely N-dealkylation sites (tertiary alicyclic amines) is 1. The van der Waals surface area contributed by atoms with Gasteiger partial charge in [-0.15, -0.1) is 0 Å². The van der Waals surface area contributed by atoms with E-state index >= 15 is 0 Å². The van der Waals surface area contributed by atoms with Crippen LogP contribution in [0.3, 0.4) is 0 Å². The topological polar surface area (TPSA) is 38.5 Å². The normalized spacial score (nSPS) is 43.4. The number of nitrogens with zero attached hydrogens (tertiary/aromatic N) is 1. The van der Waals surface area contributed by atoms with Gasteiger partial charge in [0.05, 0.1) is 6.61 Å². The van der Waals surface area contributed by atoms with E-state index in [1.165, 1.54) is 19.3 Å². The second-order valence-corrected chi connectivity index (χ2v) is 5.03. The number of hydrogen-bond donors (Lipinski definition) is 1. The van der Waals surface area contributed by atoms with Crippen molar-refractivity contribution in [1.29, 1.82) is 0 Å². The Morgan fingerprint density at radius 2 is 2.13 bits per heavy atom. The second kappa shape index (κ2) is 4.81. The summed E-state index contributed by atoms with van der Waals surface area (Å²) in [7, 11) is 0. The molecule has 0 aromatic rings. The molecule has 3 heteroatoms. The van der Waals surface area contributed by atoms with Gasteiger partial charge in [-0.25, -0.2) is 0 Å². The predicted molar refractivity (Wildman–Crippen MR) is 61.8 cm³/mol. The Bertz CT molecular complexity index is 210. The van der Waals surface area contributed by atoms with Crippen LogP contribution < -0.4 is 5.73 Å². The molecular weight excluding hydrogens is 188 g/mol. The summed E-state index contributed by atoms with van der Waals surface area (Å²) in [4.78, 5) is 2.63. The van der Waals surface area contributed by atoms with E-state index in [1.807, 2.05) is 0 Å². The average molecular weight is 212 g/mol. The van der Waals surface area contributed by atoms with Crippen molar-refractivity contribution in [3.63, 3.8) is 0 Å².